The highest BCUT2D eigenvalue weighted by Gasteiger charge is 2.12. The predicted molar refractivity (Wildman–Crippen MR) is 107 cm³/mol. The van der Waals surface area contributed by atoms with E-state index >= 15 is 0 Å². The second kappa shape index (κ2) is 8.03. The molecule has 6 nitrogen and oxygen atoms in total. The average molecular weight is 381 g/mol. The molecule has 0 saturated heterocycles. The number of amides is 1. The molecule has 138 valence electrons. The minimum absolute atomic E-state index is 0.109. The Morgan fingerprint density at radius 3 is 1.89 bits per heavy atom. The SMILES string of the molecule is CNS(=O)(=O)c1ccc(C(=O)Nc2ccc(Nc3ccccc3)cc2)cc1. The summed E-state index contributed by atoms with van der Waals surface area (Å²) in [6, 6.07) is 22.8. The number of hydrogen-bond acceptors (Lipinski definition) is 4. The van der Waals surface area contributed by atoms with Crippen molar-refractivity contribution in [2.45, 2.75) is 4.90 Å². The van der Waals surface area contributed by atoms with E-state index < -0.39 is 10.0 Å². The fourth-order valence-electron chi connectivity index (χ4n) is 2.43. The van der Waals surface area contributed by atoms with Gasteiger partial charge in [0.1, 0.15) is 0 Å². The number of nitrogens with one attached hydrogen (secondary N) is 3. The van der Waals surface area contributed by atoms with Crippen molar-refractivity contribution < 1.29 is 13.2 Å². The van der Waals surface area contributed by atoms with Gasteiger partial charge in [0.15, 0.2) is 0 Å². The van der Waals surface area contributed by atoms with Crippen LogP contribution in [0.1, 0.15) is 10.4 Å². The first kappa shape index (κ1) is 18.6. The van der Waals surface area contributed by atoms with Gasteiger partial charge in [0, 0.05) is 22.6 Å². The maximum absolute atomic E-state index is 12.3. The van der Waals surface area contributed by atoms with Crippen molar-refractivity contribution in [2.75, 3.05) is 17.7 Å². The van der Waals surface area contributed by atoms with Crippen molar-refractivity contribution in [3.63, 3.8) is 0 Å². The fraction of sp³-hybridized carbons (Fsp3) is 0.0500. The average Bonchev–Trinajstić information content (AvgIpc) is 2.70. The van der Waals surface area contributed by atoms with Crippen LogP contribution in [0.15, 0.2) is 83.8 Å². The zero-order valence-electron chi connectivity index (χ0n) is 14.6. The normalized spacial score (nSPS) is 11.0. The van der Waals surface area contributed by atoms with E-state index in [0.29, 0.717) is 11.3 Å². The van der Waals surface area contributed by atoms with Gasteiger partial charge in [-0.05, 0) is 67.7 Å². The summed E-state index contributed by atoms with van der Waals surface area (Å²) in [4.78, 5) is 12.4. The van der Waals surface area contributed by atoms with Gasteiger partial charge in [0.25, 0.3) is 5.91 Å². The number of carbonyl (C=O) groups excluding carboxylic acids is 1. The molecule has 0 unspecified atom stereocenters. The zero-order valence-corrected chi connectivity index (χ0v) is 15.5. The predicted octanol–water partition coefficient (Wildman–Crippen LogP) is 3.59. The molecule has 0 fully saturated rings. The number of rotatable bonds is 6. The molecule has 0 aliphatic carbocycles. The Labute approximate surface area is 158 Å². The van der Waals surface area contributed by atoms with Gasteiger partial charge in [-0.3, -0.25) is 4.79 Å². The van der Waals surface area contributed by atoms with Crippen molar-refractivity contribution in [1.82, 2.24) is 4.72 Å². The van der Waals surface area contributed by atoms with Crippen LogP contribution in [-0.2, 0) is 10.0 Å². The van der Waals surface area contributed by atoms with Gasteiger partial charge in [-0.25, -0.2) is 13.1 Å². The minimum Gasteiger partial charge on any atom is -0.356 e. The molecule has 0 saturated carbocycles. The van der Waals surface area contributed by atoms with E-state index in [9.17, 15) is 13.2 Å². The van der Waals surface area contributed by atoms with Crippen LogP contribution < -0.4 is 15.4 Å². The Morgan fingerprint density at radius 2 is 1.30 bits per heavy atom. The molecule has 1 amide bonds. The first-order chi connectivity index (χ1) is 13.0. The molecule has 0 spiro atoms. The highest BCUT2D eigenvalue weighted by Crippen LogP contribution is 2.19. The number of carbonyl (C=O) groups is 1. The van der Waals surface area contributed by atoms with E-state index in [-0.39, 0.29) is 10.8 Å². The Hall–Kier alpha value is -3.16. The molecule has 3 aromatic rings. The van der Waals surface area contributed by atoms with Crippen LogP contribution in [0.2, 0.25) is 0 Å². The second-order valence-electron chi connectivity index (χ2n) is 5.75. The van der Waals surface area contributed by atoms with E-state index in [4.69, 9.17) is 0 Å². The largest absolute Gasteiger partial charge is 0.356 e. The van der Waals surface area contributed by atoms with E-state index in [1.54, 1.807) is 12.1 Å². The van der Waals surface area contributed by atoms with Gasteiger partial charge < -0.3 is 10.6 Å². The number of sulfonamides is 1. The fourth-order valence-corrected chi connectivity index (χ4v) is 3.16. The lowest BCUT2D eigenvalue weighted by Gasteiger charge is -2.09. The lowest BCUT2D eigenvalue weighted by molar-refractivity contribution is 0.102. The summed E-state index contributed by atoms with van der Waals surface area (Å²) >= 11 is 0. The minimum atomic E-state index is -3.52. The molecular weight excluding hydrogens is 362 g/mol. The number of para-hydroxylation sites is 1. The summed E-state index contributed by atoms with van der Waals surface area (Å²) in [7, 11) is -2.18. The molecule has 3 aromatic carbocycles. The standard InChI is InChI=1S/C20H19N3O3S/c1-21-27(25,26)19-13-7-15(8-14-19)20(24)23-18-11-9-17(10-12-18)22-16-5-3-2-4-6-16/h2-14,21-22H,1H3,(H,23,24). The Kier molecular flexibility index (Phi) is 5.54. The first-order valence-corrected chi connectivity index (χ1v) is 9.73. The van der Waals surface area contributed by atoms with Crippen LogP contribution >= 0.6 is 0 Å². The molecule has 0 heterocycles. The lowest BCUT2D eigenvalue weighted by Crippen LogP contribution is -2.19. The molecule has 0 radical (unpaired) electrons. The quantitative estimate of drug-likeness (QED) is 0.609. The second-order valence-corrected chi connectivity index (χ2v) is 7.64. The van der Waals surface area contributed by atoms with Crippen LogP contribution in [0, 0.1) is 0 Å². The highest BCUT2D eigenvalue weighted by molar-refractivity contribution is 7.89. The summed E-state index contributed by atoms with van der Waals surface area (Å²) in [6.45, 7) is 0. The van der Waals surface area contributed by atoms with Crippen molar-refractivity contribution in [1.29, 1.82) is 0 Å². The Bertz CT molecular complexity index is 1020. The van der Waals surface area contributed by atoms with E-state index in [0.717, 1.165) is 11.4 Å². The van der Waals surface area contributed by atoms with E-state index in [2.05, 4.69) is 15.4 Å². The topological polar surface area (TPSA) is 87.3 Å². The third kappa shape index (κ3) is 4.72. The van der Waals surface area contributed by atoms with Gasteiger partial charge in [0.05, 0.1) is 4.90 Å². The molecule has 27 heavy (non-hydrogen) atoms. The maximum atomic E-state index is 12.3. The van der Waals surface area contributed by atoms with Gasteiger partial charge in [-0.1, -0.05) is 18.2 Å². The van der Waals surface area contributed by atoms with Crippen molar-refractivity contribution in [3.8, 4) is 0 Å². The molecular formula is C20H19N3O3S. The lowest BCUT2D eigenvalue weighted by atomic mass is 10.2. The maximum Gasteiger partial charge on any atom is 0.255 e. The molecule has 0 aliphatic heterocycles. The molecule has 0 aromatic heterocycles. The Balaban J connectivity index is 1.65. The summed E-state index contributed by atoms with van der Waals surface area (Å²) < 4.78 is 25.7. The molecule has 0 aliphatic rings. The molecule has 0 atom stereocenters. The van der Waals surface area contributed by atoms with E-state index in [1.165, 1.54) is 31.3 Å². The smallest absolute Gasteiger partial charge is 0.255 e. The van der Waals surface area contributed by atoms with Gasteiger partial charge in [-0.15, -0.1) is 0 Å². The molecule has 3 N–H and O–H groups in total. The summed E-state index contributed by atoms with van der Waals surface area (Å²) in [5.74, 6) is -0.313. The number of anilines is 3. The Morgan fingerprint density at radius 1 is 0.741 bits per heavy atom. The summed E-state index contributed by atoms with van der Waals surface area (Å²) in [5, 5.41) is 6.06. The number of benzene rings is 3. The van der Waals surface area contributed by atoms with Crippen LogP contribution in [0.25, 0.3) is 0 Å². The summed E-state index contributed by atoms with van der Waals surface area (Å²) in [5.41, 5.74) is 2.90. The van der Waals surface area contributed by atoms with Gasteiger partial charge in [0.2, 0.25) is 10.0 Å². The van der Waals surface area contributed by atoms with Crippen LogP contribution in [0.4, 0.5) is 17.1 Å². The monoisotopic (exact) mass is 381 g/mol. The third-order valence-corrected chi connectivity index (χ3v) is 5.33. The van der Waals surface area contributed by atoms with Crippen molar-refractivity contribution >= 4 is 33.0 Å². The van der Waals surface area contributed by atoms with Gasteiger partial charge in [-0.2, -0.15) is 0 Å². The van der Waals surface area contributed by atoms with Crippen LogP contribution in [-0.4, -0.2) is 21.4 Å². The highest BCUT2D eigenvalue weighted by atomic mass is 32.2. The van der Waals surface area contributed by atoms with Crippen molar-refractivity contribution in [2.24, 2.45) is 0 Å². The van der Waals surface area contributed by atoms with Crippen LogP contribution in [0.5, 0.6) is 0 Å². The van der Waals surface area contributed by atoms with E-state index in [1.807, 2.05) is 42.5 Å². The summed E-state index contributed by atoms with van der Waals surface area (Å²) in [6.07, 6.45) is 0. The third-order valence-electron chi connectivity index (χ3n) is 3.90. The zero-order chi connectivity index (χ0) is 19.3. The number of hydrogen-bond donors (Lipinski definition) is 3. The first-order valence-electron chi connectivity index (χ1n) is 8.25. The van der Waals surface area contributed by atoms with Crippen molar-refractivity contribution in [3.05, 3.63) is 84.4 Å². The van der Waals surface area contributed by atoms with Gasteiger partial charge >= 0.3 is 0 Å². The molecule has 0 bridgehead atoms. The molecule has 3 rings (SSSR count). The molecule has 7 heteroatoms. The van der Waals surface area contributed by atoms with Crippen LogP contribution in [0.3, 0.4) is 0 Å².